The van der Waals surface area contributed by atoms with Gasteiger partial charge in [-0.15, -0.1) is 0 Å². The van der Waals surface area contributed by atoms with Gasteiger partial charge < -0.3 is 10.1 Å². The summed E-state index contributed by atoms with van der Waals surface area (Å²) in [6.45, 7) is 0. The van der Waals surface area contributed by atoms with Gasteiger partial charge in [-0.3, -0.25) is 0 Å². The highest BCUT2D eigenvalue weighted by atomic mass is 19.1. The Bertz CT molecular complexity index is 1080. The second-order valence-electron chi connectivity index (χ2n) is 6.16. The number of nitrogens with one attached hydrogen (secondary N) is 1. The Labute approximate surface area is 162 Å². The lowest BCUT2D eigenvalue weighted by Crippen LogP contribution is -2.00. The molecule has 0 saturated heterocycles. The first-order chi connectivity index (χ1) is 13.7. The molecule has 0 spiro atoms. The number of hydrogen-bond donors (Lipinski definition) is 1. The number of methoxy groups -OCH3 is 1. The van der Waals surface area contributed by atoms with E-state index in [1.54, 1.807) is 31.4 Å². The molecule has 5 heteroatoms. The monoisotopic (exact) mass is 371 g/mol. The SMILES string of the molecule is COc1ccc(Nc2cc(-c3ccccc3F)nc(-c3ccccc3)n2)cc1. The minimum Gasteiger partial charge on any atom is -0.497 e. The van der Waals surface area contributed by atoms with Crippen LogP contribution in [0.4, 0.5) is 15.9 Å². The molecule has 0 aliphatic rings. The third-order valence-corrected chi connectivity index (χ3v) is 4.27. The Morgan fingerprint density at radius 2 is 1.54 bits per heavy atom. The normalized spacial score (nSPS) is 10.5. The van der Waals surface area contributed by atoms with Crippen LogP contribution in [0.25, 0.3) is 22.6 Å². The molecule has 1 heterocycles. The van der Waals surface area contributed by atoms with Gasteiger partial charge in [-0.25, -0.2) is 14.4 Å². The molecule has 28 heavy (non-hydrogen) atoms. The Morgan fingerprint density at radius 3 is 2.25 bits per heavy atom. The second kappa shape index (κ2) is 7.88. The van der Waals surface area contributed by atoms with Crippen molar-refractivity contribution in [1.82, 2.24) is 9.97 Å². The number of ether oxygens (including phenoxy) is 1. The highest BCUT2D eigenvalue weighted by Gasteiger charge is 2.12. The van der Waals surface area contributed by atoms with Gasteiger partial charge in [0.05, 0.1) is 12.8 Å². The first kappa shape index (κ1) is 17.7. The van der Waals surface area contributed by atoms with Gasteiger partial charge in [0.25, 0.3) is 0 Å². The highest BCUT2D eigenvalue weighted by Crippen LogP contribution is 2.28. The van der Waals surface area contributed by atoms with E-state index in [1.807, 2.05) is 54.6 Å². The summed E-state index contributed by atoms with van der Waals surface area (Å²) >= 11 is 0. The van der Waals surface area contributed by atoms with E-state index in [0.29, 0.717) is 22.9 Å². The fourth-order valence-electron chi connectivity index (χ4n) is 2.86. The largest absolute Gasteiger partial charge is 0.497 e. The Hall–Kier alpha value is -3.73. The fourth-order valence-corrected chi connectivity index (χ4v) is 2.86. The molecule has 0 aliphatic heterocycles. The maximum atomic E-state index is 14.4. The second-order valence-corrected chi connectivity index (χ2v) is 6.16. The predicted octanol–water partition coefficient (Wildman–Crippen LogP) is 5.70. The molecule has 4 aromatic rings. The standard InChI is InChI=1S/C23H18FN3O/c1-28-18-13-11-17(12-14-18)25-22-15-21(19-9-5-6-10-20(19)24)26-23(27-22)16-7-3-2-4-8-16/h2-15H,1H3,(H,25,26,27). The maximum Gasteiger partial charge on any atom is 0.162 e. The quantitative estimate of drug-likeness (QED) is 0.489. The summed E-state index contributed by atoms with van der Waals surface area (Å²) < 4.78 is 19.5. The predicted molar refractivity (Wildman–Crippen MR) is 109 cm³/mol. The van der Waals surface area contributed by atoms with Gasteiger partial charge in [0.1, 0.15) is 17.4 Å². The minimum atomic E-state index is -0.324. The lowest BCUT2D eigenvalue weighted by Gasteiger charge is -2.11. The van der Waals surface area contributed by atoms with Crippen molar-refractivity contribution < 1.29 is 9.13 Å². The molecule has 0 unspecified atom stereocenters. The van der Waals surface area contributed by atoms with Crippen LogP contribution < -0.4 is 10.1 Å². The molecule has 0 atom stereocenters. The van der Waals surface area contributed by atoms with Crippen LogP contribution in [0.1, 0.15) is 0 Å². The molecule has 3 aromatic carbocycles. The summed E-state index contributed by atoms with van der Waals surface area (Å²) in [7, 11) is 1.62. The molecule has 4 nitrogen and oxygen atoms in total. The van der Waals surface area contributed by atoms with Crippen molar-refractivity contribution in [3.63, 3.8) is 0 Å². The lowest BCUT2D eigenvalue weighted by molar-refractivity contribution is 0.415. The molecule has 0 bridgehead atoms. The summed E-state index contributed by atoms with van der Waals surface area (Å²) in [4.78, 5) is 9.21. The van der Waals surface area contributed by atoms with E-state index < -0.39 is 0 Å². The highest BCUT2D eigenvalue weighted by molar-refractivity contribution is 5.70. The molecular formula is C23H18FN3O. The van der Waals surface area contributed by atoms with Crippen molar-refractivity contribution in [2.75, 3.05) is 12.4 Å². The van der Waals surface area contributed by atoms with E-state index in [1.165, 1.54) is 6.07 Å². The maximum absolute atomic E-state index is 14.4. The number of anilines is 2. The first-order valence-electron chi connectivity index (χ1n) is 8.83. The molecular weight excluding hydrogens is 353 g/mol. The zero-order valence-electron chi connectivity index (χ0n) is 15.3. The van der Waals surface area contributed by atoms with Gasteiger partial charge >= 0.3 is 0 Å². The number of nitrogens with zero attached hydrogens (tertiary/aromatic N) is 2. The zero-order valence-corrected chi connectivity index (χ0v) is 15.3. The number of halogens is 1. The van der Waals surface area contributed by atoms with Crippen molar-refractivity contribution in [3.05, 3.63) is 90.7 Å². The van der Waals surface area contributed by atoms with E-state index in [4.69, 9.17) is 4.74 Å². The molecule has 0 saturated carbocycles. The van der Waals surface area contributed by atoms with E-state index in [0.717, 1.165) is 17.0 Å². The number of benzene rings is 3. The van der Waals surface area contributed by atoms with Crippen molar-refractivity contribution in [2.45, 2.75) is 0 Å². The van der Waals surface area contributed by atoms with Crippen LogP contribution in [0, 0.1) is 5.82 Å². The van der Waals surface area contributed by atoms with Crippen LogP contribution in [-0.2, 0) is 0 Å². The van der Waals surface area contributed by atoms with E-state index >= 15 is 0 Å². The first-order valence-corrected chi connectivity index (χ1v) is 8.83. The van der Waals surface area contributed by atoms with Crippen LogP contribution in [0.5, 0.6) is 5.75 Å². The van der Waals surface area contributed by atoms with Gasteiger partial charge in [-0.2, -0.15) is 0 Å². The topological polar surface area (TPSA) is 47.0 Å². The average Bonchev–Trinajstić information content (AvgIpc) is 2.75. The van der Waals surface area contributed by atoms with Crippen molar-refractivity contribution in [1.29, 1.82) is 0 Å². The van der Waals surface area contributed by atoms with Crippen LogP contribution in [0.3, 0.4) is 0 Å². The Kier molecular flexibility index (Phi) is 4.97. The van der Waals surface area contributed by atoms with Gasteiger partial charge in [0.2, 0.25) is 0 Å². The summed E-state index contributed by atoms with van der Waals surface area (Å²) in [5, 5.41) is 3.27. The Morgan fingerprint density at radius 1 is 0.821 bits per heavy atom. The molecule has 0 radical (unpaired) electrons. The average molecular weight is 371 g/mol. The summed E-state index contributed by atoms with van der Waals surface area (Å²) in [6, 6.07) is 25.5. The smallest absolute Gasteiger partial charge is 0.162 e. The molecule has 0 amide bonds. The van der Waals surface area contributed by atoms with Crippen LogP contribution >= 0.6 is 0 Å². The van der Waals surface area contributed by atoms with Gasteiger partial charge in [0.15, 0.2) is 5.82 Å². The molecule has 1 N–H and O–H groups in total. The van der Waals surface area contributed by atoms with E-state index in [2.05, 4.69) is 15.3 Å². The van der Waals surface area contributed by atoms with Crippen molar-refractivity contribution in [2.24, 2.45) is 0 Å². The molecule has 138 valence electrons. The van der Waals surface area contributed by atoms with Crippen molar-refractivity contribution in [3.8, 4) is 28.4 Å². The van der Waals surface area contributed by atoms with Crippen LogP contribution in [0.2, 0.25) is 0 Å². The lowest BCUT2D eigenvalue weighted by atomic mass is 10.1. The third kappa shape index (κ3) is 3.83. The molecule has 4 rings (SSSR count). The number of hydrogen-bond acceptors (Lipinski definition) is 4. The number of aromatic nitrogens is 2. The fraction of sp³-hybridized carbons (Fsp3) is 0.0435. The Balaban J connectivity index is 1.78. The zero-order chi connectivity index (χ0) is 19.3. The van der Waals surface area contributed by atoms with E-state index in [9.17, 15) is 4.39 Å². The van der Waals surface area contributed by atoms with Gasteiger partial charge in [-0.1, -0.05) is 42.5 Å². The van der Waals surface area contributed by atoms with E-state index in [-0.39, 0.29) is 5.82 Å². The van der Waals surface area contributed by atoms with Crippen molar-refractivity contribution >= 4 is 11.5 Å². The van der Waals surface area contributed by atoms with Gasteiger partial charge in [0, 0.05) is 22.9 Å². The van der Waals surface area contributed by atoms with Gasteiger partial charge in [-0.05, 0) is 36.4 Å². The third-order valence-electron chi connectivity index (χ3n) is 4.27. The summed E-state index contributed by atoms with van der Waals surface area (Å²) in [5.41, 5.74) is 2.65. The number of rotatable bonds is 5. The molecule has 1 aromatic heterocycles. The summed E-state index contributed by atoms with van der Waals surface area (Å²) in [6.07, 6.45) is 0. The van der Waals surface area contributed by atoms with Crippen LogP contribution in [-0.4, -0.2) is 17.1 Å². The van der Waals surface area contributed by atoms with Crippen LogP contribution in [0.15, 0.2) is 84.9 Å². The summed E-state index contributed by atoms with van der Waals surface area (Å²) in [5.74, 6) is 1.55. The minimum absolute atomic E-state index is 0.324. The molecule has 0 aliphatic carbocycles. The molecule has 0 fully saturated rings.